The SMILES string of the molecule is COC(=O)c1c(N)c(C#N)cn1-c1cccc(Cn2ccnc2)c1. The standard InChI is InChI=1S/C17H15N5O2/c1-24-17(23)16-15(19)13(8-18)10-22(16)14-4-2-3-12(7-14)9-21-6-5-20-11-21/h2-7,10-11H,9,19H2,1H3. The minimum absolute atomic E-state index is 0.115. The molecule has 24 heavy (non-hydrogen) atoms. The summed E-state index contributed by atoms with van der Waals surface area (Å²) in [7, 11) is 1.28. The number of carbonyl (C=O) groups is 1. The van der Waals surface area contributed by atoms with Gasteiger partial charge in [0.25, 0.3) is 0 Å². The zero-order chi connectivity index (χ0) is 17.1. The van der Waals surface area contributed by atoms with Crippen LogP contribution in [0.4, 0.5) is 5.69 Å². The van der Waals surface area contributed by atoms with Gasteiger partial charge in [0.15, 0.2) is 5.69 Å². The molecule has 0 aliphatic rings. The summed E-state index contributed by atoms with van der Waals surface area (Å²) >= 11 is 0. The summed E-state index contributed by atoms with van der Waals surface area (Å²) in [6, 6.07) is 9.60. The number of hydrogen-bond donors (Lipinski definition) is 1. The number of anilines is 1. The van der Waals surface area contributed by atoms with Crippen molar-refractivity contribution in [3.05, 3.63) is 66.0 Å². The number of rotatable bonds is 4. The number of nitriles is 1. The summed E-state index contributed by atoms with van der Waals surface area (Å²) in [5.41, 5.74) is 8.16. The molecule has 2 heterocycles. The molecule has 0 fully saturated rings. The molecule has 0 bridgehead atoms. The summed E-state index contributed by atoms with van der Waals surface area (Å²) < 4.78 is 8.31. The van der Waals surface area contributed by atoms with Crippen LogP contribution in [0.5, 0.6) is 0 Å². The van der Waals surface area contributed by atoms with Gasteiger partial charge in [0.2, 0.25) is 0 Å². The molecule has 0 saturated carbocycles. The highest BCUT2D eigenvalue weighted by atomic mass is 16.5. The first-order chi connectivity index (χ1) is 11.6. The molecule has 7 nitrogen and oxygen atoms in total. The maximum Gasteiger partial charge on any atom is 0.357 e. The van der Waals surface area contributed by atoms with E-state index < -0.39 is 5.97 Å². The van der Waals surface area contributed by atoms with E-state index in [2.05, 4.69) is 4.98 Å². The van der Waals surface area contributed by atoms with Crippen LogP contribution < -0.4 is 5.73 Å². The number of nitrogen functional groups attached to an aromatic ring is 1. The van der Waals surface area contributed by atoms with Crippen molar-refractivity contribution in [2.75, 3.05) is 12.8 Å². The van der Waals surface area contributed by atoms with Gasteiger partial charge in [0.1, 0.15) is 6.07 Å². The highest BCUT2D eigenvalue weighted by Crippen LogP contribution is 2.25. The maximum absolute atomic E-state index is 12.1. The van der Waals surface area contributed by atoms with Crippen LogP contribution >= 0.6 is 0 Å². The van der Waals surface area contributed by atoms with Crippen molar-refractivity contribution >= 4 is 11.7 Å². The van der Waals surface area contributed by atoms with Gasteiger partial charge in [0, 0.05) is 30.8 Å². The van der Waals surface area contributed by atoms with Crippen LogP contribution in [0, 0.1) is 11.3 Å². The quantitative estimate of drug-likeness (QED) is 0.741. The maximum atomic E-state index is 12.1. The molecule has 0 radical (unpaired) electrons. The minimum Gasteiger partial charge on any atom is -0.464 e. The predicted octanol–water partition coefficient (Wildman–Crippen LogP) is 1.96. The molecule has 3 rings (SSSR count). The first kappa shape index (κ1) is 15.4. The Kier molecular flexibility index (Phi) is 4.03. The van der Waals surface area contributed by atoms with Gasteiger partial charge in [-0.25, -0.2) is 9.78 Å². The van der Waals surface area contributed by atoms with Gasteiger partial charge >= 0.3 is 5.97 Å². The largest absolute Gasteiger partial charge is 0.464 e. The Balaban J connectivity index is 2.06. The van der Waals surface area contributed by atoms with Gasteiger partial charge in [-0.15, -0.1) is 0 Å². The summed E-state index contributed by atoms with van der Waals surface area (Å²) in [5.74, 6) is -0.589. The van der Waals surface area contributed by atoms with Gasteiger partial charge in [0.05, 0.1) is 24.7 Å². The fourth-order valence-electron chi connectivity index (χ4n) is 2.51. The first-order valence-electron chi connectivity index (χ1n) is 7.18. The number of nitrogens with zero attached hydrogens (tertiary/aromatic N) is 4. The van der Waals surface area contributed by atoms with Crippen LogP contribution in [-0.4, -0.2) is 27.2 Å². The predicted molar refractivity (Wildman–Crippen MR) is 87.6 cm³/mol. The van der Waals surface area contributed by atoms with Gasteiger partial charge in [-0.2, -0.15) is 5.26 Å². The molecule has 2 aromatic heterocycles. The Morgan fingerprint density at radius 3 is 2.96 bits per heavy atom. The second kappa shape index (κ2) is 6.30. The average molecular weight is 321 g/mol. The zero-order valence-electron chi connectivity index (χ0n) is 13.0. The minimum atomic E-state index is -0.589. The number of nitrogens with two attached hydrogens (primary N) is 1. The Morgan fingerprint density at radius 1 is 1.46 bits per heavy atom. The Labute approximate surface area is 138 Å². The van der Waals surface area contributed by atoms with E-state index in [0.717, 1.165) is 11.3 Å². The molecule has 0 unspecified atom stereocenters. The molecule has 2 N–H and O–H groups in total. The number of imidazole rings is 1. The lowest BCUT2D eigenvalue weighted by Crippen LogP contribution is -2.11. The van der Waals surface area contributed by atoms with E-state index in [4.69, 9.17) is 10.5 Å². The fourth-order valence-corrected chi connectivity index (χ4v) is 2.51. The van der Waals surface area contributed by atoms with Crippen LogP contribution in [0.1, 0.15) is 21.6 Å². The van der Waals surface area contributed by atoms with E-state index in [0.29, 0.717) is 6.54 Å². The van der Waals surface area contributed by atoms with Crippen LogP contribution in [0.15, 0.2) is 49.2 Å². The van der Waals surface area contributed by atoms with Crippen molar-refractivity contribution in [1.82, 2.24) is 14.1 Å². The van der Waals surface area contributed by atoms with E-state index in [1.807, 2.05) is 41.1 Å². The molecule has 0 amide bonds. The third-order valence-electron chi connectivity index (χ3n) is 3.66. The molecule has 3 aromatic rings. The first-order valence-corrected chi connectivity index (χ1v) is 7.18. The molecule has 120 valence electrons. The number of methoxy groups -OCH3 is 1. The van der Waals surface area contributed by atoms with Crippen LogP contribution in [0.25, 0.3) is 5.69 Å². The third kappa shape index (κ3) is 2.73. The summed E-state index contributed by atoms with van der Waals surface area (Å²) in [6.07, 6.45) is 6.85. The molecule has 1 aromatic carbocycles. The third-order valence-corrected chi connectivity index (χ3v) is 3.66. The highest BCUT2D eigenvalue weighted by molar-refractivity contribution is 5.95. The average Bonchev–Trinajstić information content (AvgIpc) is 3.22. The molecule has 0 aliphatic carbocycles. The molecular formula is C17H15N5O2. The second-order valence-corrected chi connectivity index (χ2v) is 5.18. The van der Waals surface area contributed by atoms with Crippen LogP contribution in [0.3, 0.4) is 0 Å². The Morgan fingerprint density at radius 2 is 2.29 bits per heavy atom. The highest BCUT2D eigenvalue weighted by Gasteiger charge is 2.21. The zero-order valence-corrected chi connectivity index (χ0v) is 13.0. The number of esters is 1. The lowest BCUT2D eigenvalue weighted by molar-refractivity contribution is 0.0593. The Bertz CT molecular complexity index is 919. The summed E-state index contributed by atoms with van der Waals surface area (Å²) in [4.78, 5) is 16.1. The van der Waals surface area contributed by atoms with E-state index >= 15 is 0 Å². The van der Waals surface area contributed by atoms with Gasteiger partial charge in [-0.1, -0.05) is 12.1 Å². The number of carbonyl (C=O) groups excluding carboxylic acids is 1. The fraction of sp³-hybridized carbons (Fsp3) is 0.118. The van der Waals surface area contributed by atoms with Crippen LogP contribution in [0.2, 0.25) is 0 Å². The number of ether oxygens (including phenoxy) is 1. The topological polar surface area (TPSA) is 98.9 Å². The molecule has 7 heteroatoms. The van der Waals surface area contributed by atoms with Crippen molar-refractivity contribution < 1.29 is 9.53 Å². The monoisotopic (exact) mass is 321 g/mol. The molecule has 0 spiro atoms. The summed E-state index contributed by atoms with van der Waals surface area (Å²) in [5, 5.41) is 9.18. The van der Waals surface area contributed by atoms with E-state index in [9.17, 15) is 10.1 Å². The number of aromatic nitrogens is 3. The van der Waals surface area contributed by atoms with Crippen molar-refractivity contribution in [2.45, 2.75) is 6.54 Å². The lowest BCUT2D eigenvalue weighted by atomic mass is 10.2. The van der Waals surface area contributed by atoms with E-state index in [1.54, 1.807) is 17.1 Å². The number of benzene rings is 1. The van der Waals surface area contributed by atoms with Crippen molar-refractivity contribution in [3.8, 4) is 11.8 Å². The number of hydrogen-bond acceptors (Lipinski definition) is 5. The molecular weight excluding hydrogens is 306 g/mol. The lowest BCUT2D eigenvalue weighted by Gasteiger charge is -2.10. The molecule has 0 aliphatic heterocycles. The molecule has 0 saturated heterocycles. The smallest absolute Gasteiger partial charge is 0.357 e. The van der Waals surface area contributed by atoms with Gasteiger partial charge < -0.3 is 19.6 Å². The van der Waals surface area contributed by atoms with Crippen molar-refractivity contribution in [2.24, 2.45) is 0 Å². The van der Waals surface area contributed by atoms with Crippen LogP contribution in [-0.2, 0) is 11.3 Å². The second-order valence-electron chi connectivity index (χ2n) is 5.18. The van der Waals surface area contributed by atoms with E-state index in [1.165, 1.54) is 13.3 Å². The van der Waals surface area contributed by atoms with Crippen molar-refractivity contribution in [3.63, 3.8) is 0 Å². The summed E-state index contributed by atoms with van der Waals surface area (Å²) in [6.45, 7) is 0.642. The van der Waals surface area contributed by atoms with Crippen molar-refractivity contribution in [1.29, 1.82) is 5.26 Å². The van der Waals surface area contributed by atoms with Gasteiger partial charge in [-0.05, 0) is 17.7 Å². The van der Waals surface area contributed by atoms with E-state index in [-0.39, 0.29) is 16.9 Å². The normalized spacial score (nSPS) is 10.3. The molecule has 0 atom stereocenters. The van der Waals surface area contributed by atoms with Gasteiger partial charge in [-0.3, -0.25) is 0 Å². The Hall–Kier alpha value is -3.53.